The second-order valence-corrected chi connectivity index (χ2v) is 3.86. The van der Waals surface area contributed by atoms with E-state index in [1.54, 1.807) is 7.11 Å². The van der Waals surface area contributed by atoms with Crippen LogP contribution in [0, 0.1) is 0 Å². The minimum Gasteiger partial charge on any atom is -0.385 e. The third-order valence-corrected chi connectivity index (χ3v) is 2.48. The van der Waals surface area contributed by atoms with Crippen LogP contribution in [-0.2, 0) is 4.74 Å². The second kappa shape index (κ2) is 6.91. The van der Waals surface area contributed by atoms with Crippen molar-refractivity contribution in [3.8, 4) is 0 Å². The van der Waals surface area contributed by atoms with E-state index in [0.717, 1.165) is 12.2 Å². The number of rotatable bonds is 6. The largest absolute Gasteiger partial charge is 0.385 e. The SMILES string of the molecule is CCNc1ccc(C(=O)NCC(C)OC)cc1. The van der Waals surface area contributed by atoms with E-state index in [1.807, 2.05) is 38.1 Å². The number of carbonyl (C=O) groups is 1. The number of benzene rings is 1. The van der Waals surface area contributed by atoms with Gasteiger partial charge in [-0.05, 0) is 38.1 Å². The molecule has 0 fully saturated rings. The van der Waals surface area contributed by atoms with E-state index in [-0.39, 0.29) is 12.0 Å². The van der Waals surface area contributed by atoms with Crippen LogP contribution in [0.5, 0.6) is 0 Å². The van der Waals surface area contributed by atoms with E-state index >= 15 is 0 Å². The predicted molar refractivity (Wildman–Crippen MR) is 69.4 cm³/mol. The van der Waals surface area contributed by atoms with Crippen LogP contribution in [0.1, 0.15) is 24.2 Å². The summed E-state index contributed by atoms with van der Waals surface area (Å²) in [5, 5.41) is 6.00. The Hall–Kier alpha value is -1.55. The Bertz CT molecular complexity index is 349. The Morgan fingerprint density at radius 1 is 1.35 bits per heavy atom. The normalized spacial score (nSPS) is 11.9. The summed E-state index contributed by atoms with van der Waals surface area (Å²) < 4.78 is 5.06. The van der Waals surface area contributed by atoms with Crippen LogP contribution < -0.4 is 10.6 Å². The number of methoxy groups -OCH3 is 1. The Balaban J connectivity index is 2.51. The fourth-order valence-electron chi connectivity index (χ4n) is 1.37. The summed E-state index contributed by atoms with van der Waals surface area (Å²) >= 11 is 0. The molecule has 0 spiro atoms. The van der Waals surface area contributed by atoms with Gasteiger partial charge in [0.2, 0.25) is 0 Å². The number of anilines is 1. The van der Waals surface area contributed by atoms with Crippen LogP contribution in [0.15, 0.2) is 24.3 Å². The highest BCUT2D eigenvalue weighted by molar-refractivity contribution is 5.94. The standard InChI is InChI=1S/C13H20N2O2/c1-4-14-12-7-5-11(6-8-12)13(16)15-9-10(2)17-3/h5-8,10,14H,4,9H2,1-3H3,(H,15,16). The van der Waals surface area contributed by atoms with Crippen LogP contribution in [0.4, 0.5) is 5.69 Å². The topological polar surface area (TPSA) is 50.4 Å². The molecule has 4 heteroatoms. The van der Waals surface area contributed by atoms with Crippen LogP contribution >= 0.6 is 0 Å². The minimum atomic E-state index is -0.0723. The zero-order chi connectivity index (χ0) is 12.7. The molecule has 0 saturated carbocycles. The number of nitrogens with one attached hydrogen (secondary N) is 2. The van der Waals surface area contributed by atoms with Gasteiger partial charge in [-0.15, -0.1) is 0 Å². The number of ether oxygens (including phenoxy) is 1. The number of hydrogen-bond acceptors (Lipinski definition) is 3. The minimum absolute atomic E-state index is 0.0278. The van der Waals surface area contributed by atoms with Gasteiger partial charge < -0.3 is 15.4 Å². The average molecular weight is 236 g/mol. The highest BCUT2D eigenvalue weighted by atomic mass is 16.5. The van der Waals surface area contributed by atoms with E-state index in [4.69, 9.17) is 4.74 Å². The van der Waals surface area contributed by atoms with Crippen molar-refractivity contribution in [3.63, 3.8) is 0 Å². The summed E-state index contributed by atoms with van der Waals surface area (Å²) in [6, 6.07) is 7.42. The highest BCUT2D eigenvalue weighted by Gasteiger charge is 2.06. The van der Waals surface area contributed by atoms with Crippen molar-refractivity contribution >= 4 is 11.6 Å². The van der Waals surface area contributed by atoms with Crippen molar-refractivity contribution in [2.75, 3.05) is 25.5 Å². The predicted octanol–water partition coefficient (Wildman–Crippen LogP) is 1.88. The summed E-state index contributed by atoms with van der Waals surface area (Å²) in [4.78, 5) is 11.7. The van der Waals surface area contributed by atoms with Gasteiger partial charge >= 0.3 is 0 Å². The fourth-order valence-corrected chi connectivity index (χ4v) is 1.37. The lowest BCUT2D eigenvalue weighted by Crippen LogP contribution is -2.31. The third-order valence-electron chi connectivity index (χ3n) is 2.48. The molecular weight excluding hydrogens is 216 g/mol. The first-order chi connectivity index (χ1) is 8.17. The van der Waals surface area contributed by atoms with E-state index in [2.05, 4.69) is 10.6 Å². The molecule has 0 aliphatic heterocycles. The highest BCUT2D eigenvalue weighted by Crippen LogP contribution is 2.08. The molecule has 0 saturated heterocycles. The van der Waals surface area contributed by atoms with Gasteiger partial charge in [0.25, 0.3) is 5.91 Å². The Kier molecular flexibility index (Phi) is 5.49. The van der Waals surface area contributed by atoms with E-state index in [9.17, 15) is 4.79 Å². The van der Waals surface area contributed by atoms with E-state index in [0.29, 0.717) is 12.1 Å². The monoisotopic (exact) mass is 236 g/mol. The van der Waals surface area contributed by atoms with Crippen LogP contribution in [0.25, 0.3) is 0 Å². The molecule has 1 unspecified atom stereocenters. The lowest BCUT2D eigenvalue weighted by molar-refractivity contribution is 0.0870. The lowest BCUT2D eigenvalue weighted by Gasteiger charge is -2.11. The van der Waals surface area contributed by atoms with Crippen molar-refractivity contribution < 1.29 is 9.53 Å². The van der Waals surface area contributed by atoms with E-state index in [1.165, 1.54) is 0 Å². The molecule has 4 nitrogen and oxygen atoms in total. The first kappa shape index (κ1) is 13.5. The molecule has 1 aromatic rings. The summed E-state index contributed by atoms with van der Waals surface area (Å²) in [6.45, 7) is 5.34. The maximum atomic E-state index is 11.7. The summed E-state index contributed by atoms with van der Waals surface area (Å²) in [6.07, 6.45) is 0.0278. The number of hydrogen-bond donors (Lipinski definition) is 2. The molecule has 2 N–H and O–H groups in total. The zero-order valence-electron chi connectivity index (χ0n) is 10.6. The Morgan fingerprint density at radius 3 is 2.53 bits per heavy atom. The molecule has 0 aromatic heterocycles. The first-order valence-electron chi connectivity index (χ1n) is 5.82. The van der Waals surface area contributed by atoms with Gasteiger partial charge in [-0.3, -0.25) is 4.79 Å². The molecule has 0 bridgehead atoms. The van der Waals surface area contributed by atoms with Crippen molar-refractivity contribution in [2.45, 2.75) is 20.0 Å². The molecule has 1 aromatic carbocycles. The maximum Gasteiger partial charge on any atom is 0.251 e. The van der Waals surface area contributed by atoms with E-state index < -0.39 is 0 Å². The molecule has 0 heterocycles. The van der Waals surface area contributed by atoms with Crippen molar-refractivity contribution in [1.82, 2.24) is 5.32 Å². The zero-order valence-corrected chi connectivity index (χ0v) is 10.6. The first-order valence-corrected chi connectivity index (χ1v) is 5.82. The molecule has 0 radical (unpaired) electrons. The molecule has 1 atom stereocenters. The van der Waals surface area contributed by atoms with Gasteiger partial charge in [0, 0.05) is 31.5 Å². The van der Waals surface area contributed by atoms with Gasteiger partial charge in [0.05, 0.1) is 6.10 Å². The van der Waals surface area contributed by atoms with Gasteiger partial charge in [-0.2, -0.15) is 0 Å². The van der Waals surface area contributed by atoms with Crippen molar-refractivity contribution in [2.24, 2.45) is 0 Å². The number of amides is 1. The Morgan fingerprint density at radius 2 is 2.00 bits per heavy atom. The van der Waals surface area contributed by atoms with Crippen LogP contribution in [0.2, 0.25) is 0 Å². The summed E-state index contributed by atoms with van der Waals surface area (Å²) in [7, 11) is 1.63. The lowest BCUT2D eigenvalue weighted by atomic mass is 10.2. The Labute approximate surface area is 102 Å². The molecule has 0 aliphatic rings. The molecule has 94 valence electrons. The smallest absolute Gasteiger partial charge is 0.251 e. The van der Waals surface area contributed by atoms with Gasteiger partial charge in [0.15, 0.2) is 0 Å². The molecule has 1 amide bonds. The van der Waals surface area contributed by atoms with Gasteiger partial charge in [-0.25, -0.2) is 0 Å². The molecule has 0 aliphatic carbocycles. The quantitative estimate of drug-likeness (QED) is 0.793. The average Bonchev–Trinajstić information content (AvgIpc) is 2.36. The molecule has 1 rings (SSSR count). The molecule has 17 heavy (non-hydrogen) atoms. The van der Waals surface area contributed by atoms with Crippen LogP contribution in [-0.4, -0.2) is 32.2 Å². The van der Waals surface area contributed by atoms with Gasteiger partial charge in [-0.1, -0.05) is 0 Å². The van der Waals surface area contributed by atoms with Crippen molar-refractivity contribution in [1.29, 1.82) is 0 Å². The van der Waals surface area contributed by atoms with Crippen molar-refractivity contribution in [3.05, 3.63) is 29.8 Å². The number of carbonyl (C=O) groups excluding carboxylic acids is 1. The fraction of sp³-hybridized carbons (Fsp3) is 0.462. The third kappa shape index (κ3) is 4.44. The van der Waals surface area contributed by atoms with Crippen LogP contribution in [0.3, 0.4) is 0 Å². The maximum absolute atomic E-state index is 11.7. The second-order valence-electron chi connectivity index (χ2n) is 3.86. The summed E-state index contributed by atoms with van der Waals surface area (Å²) in [5.41, 5.74) is 1.68. The summed E-state index contributed by atoms with van der Waals surface area (Å²) in [5.74, 6) is -0.0723. The molecular formula is C13H20N2O2. The van der Waals surface area contributed by atoms with Gasteiger partial charge in [0.1, 0.15) is 0 Å².